The molecule has 12 nitrogen and oxygen atoms in total. The zero-order chi connectivity index (χ0) is 37.8. The second-order valence-corrected chi connectivity index (χ2v) is 20.0. The Labute approximate surface area is 306 Å². The highest BCUT2D eigenvalue weighted by atomic mass is 32.2. The Hall–Kier alpha value is -4.15. The molecule has 0 fully saturated rings. The summed E-state index contributed by atoms with van der Waals surface area (Å²) in [6, 6.07) is 19.1. The number of fused-ring (bicyclic) bond motifs is 3. The van der Waals surface area contributed by atoms with Crippen molar-refractivity contribution in [3.8, 4) is 0 Å². The predicted molar refractivity (Wildman–Crippen MR) is 194 cm³/mol. The van der Waals surface area contributed by atoms with Crippen LogP contribution in [-0.4, -0.2) is 61.4 Å². The van der Waals surface area contributed by atoms with Crippen LogP contribution < -0.4 is 0 Å². The van der Waals surface area contributed by atoms with Gasteiger partial charge >= 0.3 is 6.09 Å². The van der Waals surface area contributed by atoms with Gasteiger partial charge in [-0.15, -0.1) is 0 Å². The first kappa shape index (κ1) is 37.6. The average Bonchev–Trinajstić information content (AvgIpc) is 3.54. The molecule has 4 aromatic rings. The standard InChI is InChI=1S/C37H42N4O8S3/c1-25-7-13-28(14-8-25)50(43,44)39-20-19-34-32(22-39)31-21-40(51(45,46)29-15-9-26(2)10-16-29)23-33(31)35(38-34)24-41(36(42)49-37(4,5)6)52(47,48)30-17-11-27(3)12-18-30/h7-18H,19-24H2,1-6H3. The van der Waals surface area contributed by atoms with Gasteiger partial charge in [0.05, 0.1) is 26.9 Å². The lowest BCUT2D eigenvalue weighted by molar-refractivity contribution is 0.0379. The third-order valence-corrected chi connectivity index (χ3v) is 14.5. The van der Waals surface area contributed by atoms with Crippen molar-refractivity contribution in [3.63, 3.8) is 0 Å². The summed E-state index contributed by atoms with van der Waals surface area (Å²) < 4.78 is 92.7. The second kappa shape index (κ2) is 13.7. The van der Waals surface area contributed by atoms with Crippen LogP contribution in [0.1, 0.15) is 65.5 Å². The zero-order valence-electron chi connectivity index (χ0n) is 30.0. The molecule has 0 spiro atoms. The van der Waals surface area contributed by atoms with Crippen molar-refractivity contribution < 1.29 is 34.8 Å². The summed E-state index contributed by atoms with van der Waals surface area (Å²) in [6.07, 6.45) is -0.929. The molecule has 3 heterocycles. The van der Waals surface area contributed by atoms with E-state index in [-0.39, 0.29) is 53.0 Å². The monoisotopic (exact) mass is 766 g/mol. The number of ether oxygens (including phenoxy) is 1. The van der Waals surface area contributed by atoms with E-state index in [4.69, 9.17) is 9.72 Å². The smallest absolute Gasteiger partial charge is 0.424 e. The highest BCUT2D eigenvalue weighted by Crippen LogP contribution is 2.38. The lowest BCUT2D eigenvalue weighted by Gasteiger charge is -2.31. The van der Waals surface area contributed by atoms with E-state index in [2.05, 4.69) is 0 Å². The summed E-state index contributed by atoms with van der Waals surface area (Å²) in [5.74, 6) is 0. The molecular weight excluding hydrogens is 725 g/mol. The van der Waals surface area contributed by atoms with Gasteiger partial charge in [-0.2, -0.15) is 12.9 Å². The number of aromatic nitrogens is 1. The number of hydrogen-bond acceptors (Lipinski definition) is 9. The third-order valence-electron chi connectivity index (χ3n) is 9.11. The van der Waals surface area contributed by atoms with Crippen molar-refractivity contribution >= 4 is 36.2 Å². The van der Waals surface area contributed by atoms with Crippen molar-refractivity contribution in [2.75, 3.05) is 6.54 Å². The van der Waals surface area contributed by atoms with Gasteiger partial charge in [0, 0.05) is 38.3 Å². The van der Waals surface area contributed by atoms with Gasteiger partial charge in [0.1, 0.15) is 5.60 Å². The molecule has 2 aliphatic heterocycles. The number of carbonyl (C=O) groups excluding carboxylic acids is 1. The first-order valence-electron chi connectivity index (χ1n) is 16.8. The molecule has 0 N–H and O–H groups in total. The minimum Gasteiger partial charge on any atom is -0.443 e. The molecule has 0 saturated heterocycles. The highest BCUT2D eigenvalue weighted by molar-refractivity contribution is 7.90. The second-order valence-electron chi connectivity index (χ2n) is 14.2. The van der Waals surface area contributed by atoms with Crippen LogP contribution in [0.25, 0.3) is 0 Å². The van der Waals surface area contributed by atoms with Gasteiger partial charge in [-0.3, -0.25) is 4.98 Å². The van der Waals surface area contributed by atoms with Gasteiger partial charge < -0.3 is 4.74 Å². The molecule has 52 heavy (non-hydrogen) atoms. The van der Waals surface area contributed by atoms with E-state index in [9.17, 15) is 30.0 Å². The van der Waals surface area contributed by atoms with Crippen LogP contribution in [0.2, 0.25) is 0 Å². The van der Waals surface area contributed by atoms with Crippen molar-refractivity contribution in [2.45, 2.75) is 94.4 Å². The summed E-state index contributed by atoms with van der Waals surface area (Å²) in [7, 11) is -12.4. The molecule has 2 aliphatic rings. The summed E-state index contributed by atoms with van der Waals surface area (Å²) in [4.78, 5) is 18.7. The Bertz CT molecular complexity index is 2360. The van der Waals surface area contributed by atoms with E-state index in [0.29, 0.717) is 26.7 Å². The minimum atomic E-state index is -4.48. The maximum atomic E-state index is 14.1. The Morgan fingerprint density at radius 3 is 1.62 bits per heavy atom. The molecule has 0 bridgehead atoms. The minimum absolute atomic E-state index is 0.0585. The van der Waals surface area contributed by atoms with Crippen LogP contribution in [0.4, 0.5) is 4.79 Å². The molecule has 0 aliphatic carbocycles. The number of benzene rings is 3. The van der Waals surface area contributed by atoms with Crippen molar-refractivity contribution in [1.29, 1.82) is 0 Å². The lowest BCUT2D eigenvalue weighted by Crippen LogP contribution is -2.41. The van der Waals surface area contributed by atoms with E-state index in [0.717, 1.165) is 16.7 Å². The first-order valence-corrected chi connectivity index (χ1v) is 21.1. The number of aryl methyl sites for hydroxylation is 3. The molecular formula is C37H42N4O8S3. The summed E-state index contributed by atoms with van der Waals surface area (Å²) in [5.41, 5.74) is 3.80. The molecule has 0 atom stereocenters. The fourth-order valence-electron chi connectivity index (χ4n) is 6.25. The Balaban J connectivity index is 1.46. The number of hydrogen-bond donors (Lipinski definition) is 0. The normalized spacial score (nSPS) is 15.6. The summed E-state index contributed by atoms with van der Waals surface area (Å²) >= 11 is 0. The molecule has 0 radical (unpaired) electrons. The van der Waals surface area contributed by atoms with E-state index in [1.165, 1.54) is 32.9 Å². The fourth-order valence-corrected chi connectivity index (χ4v) is 10.3. The van der Waals surface area contributed by atoms with Crippen LogP contribution >= 0.6 is 0 Å². The summed E-state index contributed by atoms with van der Waals surface area (Å²) in [5, 5.41) is 0. The van der Waals surface area contributed by atoms with E-state index in [1.807, 2.05) is 20.8 Å². The topological polar surface area (TPSA) is 151 Å². The quantitative estimate of drug-likeness (QED) is 0.224. The van der Waals surface area contributed by atoms with Gasteiger partial charge in [-0.1, -0.05) is 53.1 Å². The number of sulfonamides is 3. The number of pyridine rings is 1. The number of rotatable bonds is 8. The molecule has 3 aromatic carbocycles. The van der Waals surface area contributed by atoms with Crippen LogP contribution in [0, 0.1) is 20.8 Å². The van der Waals surface area contributed by atoms with Crippen molar-refractivity contribution in [3.05, 3.63) is 118 Å². The molecule has 1 amide bonds. The fraction of sp³-hybridized carbons (Fsp3) is 0.351. The van der Waals surface area contributed by atoms with E-state index >= 15 is 0 Å². The first-order chi connectivity index (χ1) is 24.3. The molecule has 0 saturated carbocycles. The van der Waals surface area contributed by atoms with Crippen LogP contribution in [0.3, 0.4) is 0 Å². The Morgan fingerprint density at radius 2 is 1.12 bits per heavy atom. The molecule has 1 aromatic heterocycles. The maximum Gasteiger partial charge on any atom is 0.424 e. The summed E-state index contributed by atoms with van der Waals surface area (Å²) in [6.45, 7) is 9.64. The molecule has 0 unspecified atom stereocenters. The third kappa shape index (κ3) is 7.37. The van der Waals surface area contributed by atoms with Crippen LogP contribution in [0.5, 0.6) is 0 Å². The van der Waals surface area contributed by atoms with Crippen molar-refractivity contribution in [2.24, 2.45) is 0 Å². The Kier molecular flexibility index (Phi) is 9.89. The van der Waals surface area contributed by atoms with Gasteiger partial charge in [-0.05, 0) is 94.6 Å². The van der Waals surface area contributed by atoms with Gasteiger partial charge in [0.15, 0.2) is 0 Å². The maximum absolute atomic E-state index is 14.1. The van der Waals surface area contributed by atoms with E-state index in [1.54, 1.807) is 69.3 Å². The van der Waals surface area contributed by atoms with Crippen molar-refractivity contribution in [1.82, 2.24) is 17.9 Å². The molecule has 276 valence electrons. The Morgan fingerprint density at radius 1 is 0.673 bits per heavy atom. The van der Waals surface area contributed by atoms with E-state index < -0.39 is 48.3 Å². The largest absolute Gasteiger partial charge is 0.443 e. The van der Waals surface area contributed by atoms with Gasteiger partial charge in [0.25, 0.3) is 10.0 Å². The molecule has 6 rings (SSSR count). The van der Waals surface area contributed by atoms with Gasteiger partial charge in [0.2, 0.25) is 20.0 Å². The zero-order valence-corrected chi connectivity index (χ0v) is 32.4. The highest BCUT2D eigenvalue weighted by Gasteiger charge is 2.41. The van der Waals surface area contributed by atoms with Gasteiger partial charge in [-0.25, -0.2) is 30.0 Å². The predicted octanol–water partition coefficient (Wildman–Crippen LogP) is 5.58. The number of amides is 1. The lowest BCUT2D eigenvalue weighted by atomic mass is 9.96. The van der Waals surface area contributed by atoms with Crippen LogP contribution in [-0.2, 0) is 67.4 Å². The molecule has 15 heteroatoms. The SMILES string of the molecule is Cc1ccc(S(=O)(=O)N2CCc3nc(CN(C(=O)OC(C)(C)C)S(=O)(=O)c4ccc(C)cc4)c4c(c3C2)CN(S(=O)(=O)c2ccc(C)cc2)C4)cc1. The van der Waals surface area contributed by atoms with Crippen LogP contribution in [0.15, 0.2) is 87.5 Å². The number of carbonyl (C=O) groups is 1. The number of nitrogens with zero attached hydrogens (tertiary/aromatic N) is 4. The average molecular weight is 767 g/mol.